The first-order chi connectivity index (χ1) is 7.22. The second-order valence-corrected chi connectivity index (χ2v) is 3.95. The van der Waals surface area contributed by atoms with Gasteiger partial charge in [-0.3, -0.25) is 0 Å². The Morgan fingerprint density at radius 2 is 2.07 bits per heavy atom. The van der Waals surface area contributed by atoms with Crippen LogP contribution in [0.2, 0.25) is 5.02 Å². The first kappa shape index (κ1) is 10.5. The standard InChI is InChI=1S/C11H10Cl2N2/c1-8-6-9(7-12)14-15(8)11-5-3-2-4-10(11)13/h2-6H,7H2,1H3. The van der Waals surface area contributed by atoms with Gasteiger partial charge in [-0.05, 0) is 25.1 Å². The molecule has 0 spiro atoms. The van der Waals surface area contributed by atoms with Crippen molar-refractivity contribution in [2.24, 2.45) is 0 Å². The number of aryl methyl sites for hydroxylation is 1. The van der Waals surface area contributed by atoms with E-state index in [9.17, 15) is 0 Å². The maximum absolute atomic E-state index is 6.09. The molecule has 0 fully saturated rings. The fraction of sp³-hybridized carbons (Fsp3) is 0.182. The first-order valence-electron chi connectivity index (χ1n) is 4.59. The van der Waals surface area contributed by atoms with E-state index in [0.29, 0.717) is 10.9 Å². The quantitative estimate of drug-likeness (QED) is 0.735. The Kier molecular flexibility index (Phi) is 2.98. The van der Waals surface area contributed by atoms with E-state index in [0.717, 1.165) is 17.1 Å². The SMILES string of the molecule is Cc1cc(CCl)nn1-c1ccccc1Cl. The Morgan fingerprint density at radius 1 is 1.33 bits per heavy atom. The highest BCUT2D eigenvalue weighted by Crippen LogP contribution is 2.21. The predicted octanol–water partition coefficient (Wildman–Crippen LogP) is 3.57. The molecule has 0 aliphatic rings. The van der Waals surface area contributed by atoms with Gasteiger partial charge in [0.25, 0.3) is 0 Å². The Hall–Kier alpha value is -0.990. The van der Waals surface area contributed by atoms with E-state index >= 15 is 0 Å². The number of para-hydroxylation sites is 1. The van der Waals surface area contributed by atoms with Crippen molar-refractivity contribution < 1.29 is 0 Å². The van der Waals surface area contributed by atoms with Crippen molar-refractivity contribution in [2.75, 3.05) is 0 Å². The van der Waals surface area contributed by atoms with Crippen molar-refractivity contribution in [1.29, 1.82) is 0 Å². The van der Waals surface area contributed by atoms with Crippen molar-refractivity contribution in [3.63, 3.8) is 0 Å². The molecule has 2 nitrogen and oxygen atoms in total. The van der Waals surface area contributed by atoms with Crippen LogP contribution in [0.4, 0.5) is 0 Å². The molecule has 0 radical (unpaired) electrons. The zero-order valence-corrected chi connectivity index (χ0v) is 9.76. The molecule has 4 heteroatoms. The molecule has 0 unspecified atom stereocenters. The summed E-state index contributed by atoms with van der Waals surface area (Å²) in [6.45, 7) is 1.98. The van der Waals surface area contributed by atoms with Crippen LogP contribution in [-0.4, -0.2) is 9.78 Å². The smallest absolute Gasteiger partial charge is 0.0834 e. The van der Waals surface area contributed by atoms with Gasteiger partial charge in [0.05, 0.1) is 22.3 Å². The molecule has 0 saturated heterocycles. The molecule has 0 aliphatic carbocycles. The lowest BCUT2D eigenvalue weighted by Gasteiger charge is -2.05. The van der Waals surface area contributed by atoms with Gasteiger partial charge in [-0.1, -0.05) is 23.7 Å². The molecule has 2 rings (SSSR count). The number of rotatable bonds is 2. The van der Waals surface area contributed by atoms with Crippen LogP contribution in [0.15, 0.2) is 30.3 Å². The zero-order chi connectivity index (χ0) is 10.8. The van der Waals surface area contributed by atoms with E-state index < -0.39 is 0 Å². The fourth-order valence-corrected chi connectivity index (χ4v) is 1.82. The predicted molar refractivity (Wildman–Crippen MR) is 62.9 cm³/mol. The molecule has 1 heterocycles. The lowest BCUT2D eigenvalue weighted by atomic mass is 10.3. The third kappa shape index (κ3) is 2.01. The summed E-state index contributed by atoms with van der Waals surface area (Å²) in [5.74, 6) is 0.415. The summed E-state index contributed by atoms with van der Waals surface area (Å²) in [6.07, 6.45) is 0. The van der Waals surface area contributed by atoms with E-state index in [1.807, 2.05) is 37.3 Å². The molecule has 2 aromatic rings. The fourth-order valence-electron chi connectivity index (χ4n) is 1.47. The third-order valence-corrected chi connectivity index (χ3v) is 2.75. The number of benzene rings is 1. The molecule has 1 aromatic carbocycles. The molecule has 0 saturated carbocycles. The molecule has 15 heavy (non-hydrogen) atoms. The summed E-state index contributed by atoms with van der Waals surface area (Å²) in [5, 5.41) is 5.04. The summed E-state index contributed by atoms with van der Waals surface area (Å²) in [7, 11) is 0. The number of alkyl halides is 1. The number of nitrogens with zero attached hydrogens (tertiary/aromatic N) is 2. The molecule has 0 atom stereocenters. The zero-order valence-electron chi connectivity index (χ0n) is 8.24. The maximum atomic E-state index is 6.09. The van der Waals surface area contributed by atoms with Crippen LogP contribution in [0.25, 0.3) is 5.69 Å². The lowest BCUT2D eigenvalue weighted by Crippen LogP contribution is -1.99. The monoisotopic (exact) mass is 240 g/mol. The van der Waals surface area contributed by atoms with Gasteiger partial charge in [0.15, 0.2) is 0 Å². The summed E-state index contributed by atoms with van der Waals surface area (Å²) < 4.78 is 1.81. The van der Waals surface area contributed by atoms with Crippen LogP contribution < -0.4 is 0 Å². The van der Waals surface area contributed by atoms with Crippen molar-refractivity contribution in [3.05, 3.63) is 46.7 Å². The summed E-state index contributed by atoms with van der Waals surface area (Å²) in [5.41, 5.74) is 2.76. The van der Waals surface area contributed by atoms with E-state index in [1.54, 1.807) is 4.68 Å². The molecule has 0 amide bonds. The van der Waals surface area contributed by atoms with Crippen LogP contribution in [-0.2, 0) is 5.88 Å². The van der Waals surface area contributed by atoms with Gasteiger partial charge < -0.3 is 0 Å². The average molecular weight is 241 g/mol. The summed E-state index contributed by atoms with van der Waals surface area (Å²) in [6, 6.07) is 9.56. The van der Waals surface area contributed by atoms with Crippen LogP contribution >= 0.6 is 23.2 Å². The highest BCUT2D eigenvalue weighted by molar-refractivity contribution is 6.32. The van der Waals surface area contributed by atoms with E-state index in [2.05, 4.69) is 5.10 Å². The van der Waals surface area contributed by atoms with E-state index in [-0.39, 0.29) is 0 Å². The minimum atomic E-state index is 0.415. The summed E-state index contributed by atoms with van der Waals surface area (Å²) in [4.78, 5) is 0. The highest BCUT2D eigenvalue weighted by Gasteiger charge is 2.07. The Morgan fingerprint density at radius 3 is 2.67 bits per heavy atom. The molecule has 78 valence electrons. The van der Waals surface area contributed by atoms with Crippen LogP contribution in [0, 0.1) is 6.92 Å². The van der Waals surface area contributed by atoms with Gasteiger partial charge in [-0.15, -0.1) is 11.6 Å². The summed E-state index contributed by atoms with van der Waals surface area (Å²) >= 11 is 11.8. The largest absolute Gasteiger partial charge is 0.236 e. The van der Waals surface area contributed by atoms with Crippen LogP contribution in [0.3, 0.4) is 0 Å². The third-order valence-electron chi connectivity index (χ3n) is 2.16. The van der Waals surface area contributed by atoms with Crippen molar-refractivity contribution in [1.82, 2.24) is 9.78 Å². The van der Waals surface area contributed by atoms with Gasteiger partial charge in [0.2, 0.25) is 0 Å². The Bertz CT molecular complexity index is 477. The second kappa shape index (κ2) is 4.25. The van der Waals surface area contributed by atoms with Gasteiger partial charge >= 0.3 is 0 Å². The Labute approximate surface area is 98.4 Å². The van der Waals surface area contributed by atoms with Gasteiger partial charge in [-0.2, -0.15) is 5.10 Å². The average Bonchev–Trinajstić information content (AvgIpc) is 2.60. The topological polar surface area (TPSA) is 17.8 Å². The molecule has 0 bridgehead atoms. The highest BCUT2D eigenvalue weighted by atomic mass is 35.5. The lowest BCUT2D eigenvalue weighted by molar-refractivity contribution is 0.831. The number of aromatic nitrogens is 2. The molecular weight excluding hydrogens is 231 g/mol. The number of hydrogen-bond acceptors (Lipinski definition) is 1. The van der Waals surface area contributed by atoms with Gasteiger partial charge in [0.1, 0.15) is 0 Å². The van der Waals surface area contributed by atoms with Gasteiger partial charge in [-0.25, -0.2) is 4.68 Å². The molecule has 1 aromatic heterocycles. The van der Waals surface area contributed by atoms with Gasteiger partial charge in [0, 0.05) is 5.69 Å². The Balaban J connectivity index is 2.54. The second-order valence-electron chi connectivity index (χ2n) is 3.27. The minimum Gasteiger partial charge on any atom is -0.236 e. The van der Waals surface area contributed by atoms with Crippen molar-refractivity contribution in [2.45, 2.75) is 12.8 Å². The van der Waals surface area contributed by atoms with E-state index in [4.69, 9.17) is 23.2 Å². The molecular formula is C11H10Cl2N2. The number of halogens is 2. The minimum absolute atomic E-state index is 0.415. The van der Waals surface area contributed by atoms with Crippen molar-refractivity contribution in [3.8, 4) is 5.69 Å². The van der Waals surface area contributed by atoms with E-state index in [1.165, 1.54) is 0 Å². The number of hydrogen-bond donors (Lipinski definition) is 0. The molecule has 0 aliphatic heterocycles. The van der Waals surface area contributed by atoms with Crippen molar-refractivity contribution >= 4 is 23.2 Å². The van der Waals surface area contributed by atoms with Crippen LogP contribution in [0.5, 0.6) is 0 Å². The van der Waals surface area contributed by atoms with Crippen LogP contribution in [0.1, 0.15) is 11.4 Å². The first-order valence-corrected chi connectivity index (χ1v) is 5.50. The normalized spacial score (nSPS) is 10.6. The maximum Gasteiger partial charge on any atom is 0.0834 e. The molecule has 0 N–H and O–H groups in total.